The van der Waals surface area contributed by atoms with E-state index in [9.17, 15) is 13.6 Å². The van der Waals surface area contributed by atoms with Crippen molar-refractivity contribution in [3.05, 3.63) is 46.7 Å². The molecule has 0 aliphatic rings. The molecule has 0 saturated heterocycles. The molecule has 0 amide bonds. The number of anilines is 3. The minimum atomic E-state index is -2.27. The smallest absolute Gasteiger partial charge is 0.350 e. The molecule has 0 fully saturated rings. The summed E-state index contributed by atoms with van der Waals surface area (Å²) in [6.45, 7) is 4.17. The lowest BCUT2D eigenvalue weighted by Gasteiger charge is -2.11. The van der Waals surface area contributed by atoms with Crippen LogP contribution in [-0.2, 0) is 29.4 Å². The number of ether oxygens (including phenoxy) is 1. The summed E-state index contributed by atoms with van der Waals surface area (Å²) in [5.41, 5.74) is 2.62. The third kappa shape index (κ3) is 4.99. The van der Waals surface area contributed by atoms with Gasteiger partial charge in [0, 0.05) is 18.5 Å². The summed E-state index contributed by atoms with van der Waals surface area (Å²) in [5.74, 6) is 0.388. The third-order valence-electron chi connectivity index (χ3n) is 4.62. The van der Waals surface area contributed by atoms with E-state index in [-0.39, 0.29) is 17.5 Å². The molecule has 3 aromatic heterocycles. The first-order valence-electron chi connectivity index (χ1n) is 9.88. The first kappa shape index (κ1) is 22.8. The van der Waals surface area contributed by atoms with Crippen LogP contribution in [-0.4, -0.2) is 45.8 Å². The molecular weight excluding hydrogens is 466 g/mol. The maximum atomic E-state index is 12.1. The Bertz CT molecular complexity index is 1330. The molecule has 0 aliphatic carbocycles. The van der Waals surface area contributed by atoms with Crippen molar-refractivity contribution in [3.8, 4) is 0 Å². The van der Waals surface area contributed by atoms with Crippen LogP contribution in [0.3, 0.4) is 0 Å². The Hall–Kier alpha value is -3.42. The van der Waals surface area contributed by atoms with Gasteiger partial charge >= 0.3 is 5.97 Å². The monoisotopic (exact) mass is 486 g/mol. The molecule has 0 bridgehead atoms. The van der Waals surface area contributed by atoms with E-state index in [4.69, 9.17) is 4.74 Å². The molecule has 33 heavy (non-hydrogen) atoms. The van der Waals surface area contributed by atoms with Crippen LogP contribution in [0.25, 0.3) is 11.2 Å². The molecule has 4 aromatic rings. The number of imidazole rings is 1. The number of hydrogen-bond acceptors (Lipinski definition) is 11. The van der Waals surface area contributed by atoms with Gasteiger partial charge in [0.25, 0.3) is 0 Å². The maximum Gasteiger partial charge on any atom is 0.350 e. The van der Waals surface area contributed by atoms with Crippen LogP contribution < -0.4 is 10.6 Å². The van der Waals surface area contributed by atoms with E-state index >= 15 is 0 Å². The van der Waals surface area contributed by atoms with Crippen LogP contribution in [0.2, 0.25) is 0 Å². The minimum Gasteiger partial charge on any atom is -0.768 e. The van der Waals surface area contributed by atoms with Gasteiger partial charge in [0.15, 0.2) is 16.6 Å². The van der Waals surface area contributed by atoms with E-state index in [0.717, 1.165) is 16.9 Å². The summed E-state index contributed by atoms with van der Waals surface area (Å²) in [4.78, 5) is 30.4. The SMILES string of the molecule is CCOC(=O)c1sc(Nc2nc(NCc3ccc(S(=O)[O-])cc3)c3c(ncn3C)n2)nc1C. The van der Waals surface area contributed by atoms with E-state index < -0.39 is 17.0 Å². The highest BCUT2D eigenvalue weighted by atomic mass is 32.2. The first-order valence-corrected chi connectivity index (χ1v) is 11.8. The first-order chi connectivity index (χ1) is 15.9. The lowest BCUT2D eigenvalue weighted by molar-refractivity contribution is 0.0531. The Morgan fingerprint density at radius 2 is 2.00 bits per heavy atom. The zero-order valence-electron chi connectivity index (χ0n) is 18.0. The van der Waals surface area contributed by atoms with Gasteiger partial charge in [-0.15, -0.1) is 0 Å². The third-order valence-corrected chi connectivity index (χ3v) is 6.33. The Balaban J connectivity index is 1.59. The van der Waals surface area contributed by atoms with Crippen LogP contribution in [0.4, 0.5) is 16.9 Å². The zero-order chi connectivity index (χ0) is 23.5. The van der Waals surface area contributed by atoms with Crippen LogP contribution in [0.15, 0.2) is 35.5 Å². The molecule has 11 nitrogen and oxygen atoms in total. The summed E-state index contributed by atoms with van der Waals surface area (Å²) in [6.07, 6.45) is 1.64. The molecule has 2 N–H and O–H groups in total. The van der Waals surface area contributed by atoms with E-state index in [0.29, 0.717) is 39.2 Å². The molecule has 0 aliphatic heterocycles. The van der Waals surface area contributed by atoms with Gasteiger partial charge in [-0.2, -0.15) is 9.97 Å². The van der Waals surface area contributed by atoms with Gasteiger partial charge in [0.05, 0.1) is 18.6 Å². The number of thiazole rings is 1. The van der Waals surface area contributed by atoms with Crippen LogP contribution in [0.5, 0.6) is 0 Å². The summed E-state index contributed by atoms with van der Waals surface area (Å²) in [6, 6.07) is 6.54. The Labute approximate surface area is 195 Å². The Kier molecular flexibility index (Phi) is 6.62. The normalized spacial score (nSPS) is 12.0. The van der Waals surface area contributed by atoms with E-state index in [1.54, 1.807) is 49.0 Å². The van der Waals surface area contributed by atoms with Crippen molar-refractivity contribution in [1.82, 2.24) is 24.5 Å². The van der Waals surface area contributed by atoms with Crippen LogP contribution in [0.1, 0.15) is 27.9 Å². The number of fused-ring (bicyclic) bond motifs is 1. The predicted molar refractivity (Wildman–Crippen MR) is 123 cm³/mol. The summed E-state index contributed by atoms with van der Waals surface area (Å²) < 4.78 is 29.0. The van der Waals surface area contributed by atoms with Gasteiger partial charge in [-0.1, -0.05) is 23.5 Å². The highest BCUT2D eigenvalue weighted by molar-refractivity contribution is 7.79. The molecular formula is C20H20N7O4S2-. The number of carbonyl (C=O) groups excluding carboxylic acids is 1. The topological polar surface area (TPSA) is 147 Å². The van der Waals surface area contributed by atoms with Crippen molar-refractivity contribution in [2.75, 3.05) is 17.2 Å². The molecule has 1 unspecified atom stereocenters. The van der Waals surface area contributed by atoms with Gasteiger partial charge in [0.1, 0.15) is 10.4 Å². The van der Waals surface area contributed by atoms with E-state index in [2.05, 4.69) is 30.6 Å². The van der Waals surface area contributed by atoms with Crippen molar-refractivity contribution in [2.24, 2.45) is 7.05 Å². The number of rotatable bonds is 8. The van der Waals surface area contributed by atoms with Crippen molar-refractivity contribution < 1.29 is 18.3 Å². The second kappa shape index (κ2) is 9.60. The molecule has 1 atom stereocenters. The average Bonchev–Trinajstić information content (AvgIpc) is 3.34. The highest BCUT2D eigenvalue weighted by Crippen LogP contribution is 2.27. The number of aromatic nitrogens is 5. The van der Waals surface area contributed by atoms with Gasteiger partial charge < -0.3 is 19.2 Å². The van der Waals surface area contributed by atoms with Crippen molar-refractivity contribution in [1.29, 1.82) is 0 Å². The molecule has 0 radical (unpaired) electrons. The predicted octanol–water partition coefficient (Wildman–Crippen LogP) is 2.90. The standard InChI is InChI=1S/C20H21N7O4S2/c1-4-31-18(28)15-11(2)23-20(32-15)26-19-24-16(14-17(25-19)22-10-27(14)3)21-9-12-5-7-13(8-6-12)33(29)30/h5-8,10H,4,9H2,1-3H3,(H,29,30)(H2,21,23,24,25,26)/p-1. The lowest BCUT2D eigenvalue weighted by atomic mass is 10.2. The quantitative estimate of drug-likeness (QED) is 0.281. The molecule has 0 spiro atoms. The number of hydrogen-bond donors (Lipinski definition) is 2. The number of nitrogens with zero attached hydrogens (tertiary/aromatic N) is 5. The van der Waals surface area contributed by atoms with E-state index in [1.165, 1.54) is 0 Å². The zero-order valence-corrected chi connectivity index (χ0v) is 19.6. The van der Waals surface area contributed by atoms with Gasteiger partial charge in [-0.25, -0.2) is 14.8 Å². The molecule has 172 valence electrons. The molecule has 1 aromatic carbocycles. The number of nitrogens with one attached hydrogen (secondary N) is 2. The molecule has 3 heterocycles. The molecule has 0 saturated carbocycles. The fraction of sp³-hybridized carbons (Fsp3) is 0.250. The summed E-state index contributed by atoms with van der Waals surface area (Å²) in [7, 11) is 1.84. The number of carbonyl (C=O) groups is 1. The summed E-state index contributed by atoms with van der Waals surface area (Å²) >= 11 is -1.11. The van der Waals surface area contributed by atoms with Gasteiger partial charge in [-0.3, -0.25) is 9.53 Å². The largest absolute Gasteiger partial charge is 0.768 e. The molecule has 4 rings (SSSR count). The van der Waals surface area contributed by atoms with Crippen molar-refractivity contribution >= 4 is 56.4 Å². The van der Waals surface area contributed by atoms with Crippen molar-refractivity contribution in [3.63, 3.8) is 0 Å². The second-order valence-corrected chi connectivity index (χ2v) is 8.87. The van der Waals surface area contributed by atoms with Crippen molar-refractivity contribution in [2.45, 2.75) is 25.3 Å². The summed E-state index contributed by atoms with van der Waals surface area (Å²) in [5, 5.41) is 6.76. The molecule has 13 heteroatoms. The highest BCUT2D eigenvalue weighted by Gasteiger charge is 2.18. The number of aryl methyl sites for hydroxylation is 2. The fourth-order valence-corrected chi connectivity index (χ4v) is 4.28. The van der Waals surface area contributed by atoms with E-state index in [1.807, 2.05) is 7.05 Å². The Morgan fingerprint density at radius 1 is 1.24 bits per heavy atom. The van der Waals surface area contributed by atoms with Crippen LogP contribution >= 0.6 is 11.3 Å². The lowest BCUT2D eigenvalue weighted by Crippen LogP contribution is -2.07. The minimum absolute atomic E-state index is 0.224. The Morgan fingerprint density at radius 3 is 2.70 bits per heavy atom. The van der Waals surface area contributed by atoms with Gasteiger partial charge in [0.2, 0.25) is 5.95 Å². The van der Waals surface area contributed by atoms with Gasteiger partial charge in [-0.05, 0) is 42.6 Å². The number of benzene rings is 1. The van der Waals surface area contributed by atoms with Crippen LogP contribution in [0, 0.1) is 6.92 Å². The second-order valence-electron chi connectivity index (χ2n) is 6.93. The average molecular weight is 487 g/mol. The number of esters is 1. The maximum absolute atomic E-state index is 12.1. The fourth-order valence-electron chi connectivity index (χ4n) is 3.07.